The van der Waals surface area contributed by atoms with Crippen molar-refractivity contribution in [2.24, 2.45) is 5.73 Å². The van der Waals surface area contributed by atoms with Crippen LogP contribution < -0.4 is 10.5 Å². The van der Waals surface area contributed by atoms with Crippen LogP contribution in [0.1, 0.15) is 24.1 Å². The molecule has 0 bridgehead atoms. The van der Waals surface area contributed by atoms with Crippen LogP contribution in [0.3, 0.4) is 0 Å². The van der Waals surface area contributed by atoms with Crippen molar-refractivity contribution >= 4 is 11.6 Å². The standard InChI is InChI=1S/C15H14ClF2NO/c1-9(19)12-6-5-11(7-14(12)17)20-8-10-3-2-4-13(16)15(10)18/h2-7,9H,8,19H2,1H3/t9-/m0/s1. The zero-order valence-corrected chi connectivity index (χ0v) is 11.6. The van der Waals surface area contributed by atoms with E-state index in [4.69, 9.17) is 22.1 Å². The molecule has 0 heterocycles. The van der Waals surface area contributed by atoms with Gasteiger partial charge in [0.1, 0.15) is 24.0 Å². The minimum Gasteiger partial charge on any atom is -0.489 e. The largest absolute Gasteiger partial charge is 0.489 e. The fraction of sp³-hybridized carbons (Fsp3) is 0.200. The van der Waals surface area contributed by atoms with Gasteiger partial charge in [-0.15, -0.1) is 0 Å². The molecule has 2 rings (SSSR count). The fourth-order valence-electron chi connectivity index (χ4n) is 1.79. The van der Waals surface area contributed by atoms with E-state index in [9.17, 15) is 8.78 Å². The molecule has 0 saturated carbocycles. The normalized spacial score (nSPS) is 12.2. The highest BCUT2D eigenvalue weighted by Crippen LogP contribution is 2.23. The lowest BCUT2D eigenvalue weighted by Crippen LogP contribution is -2.07. The van der Waals surface area contributed by atoms with Gasteiger partial charge in [-0.05, 0) is 19.1 Å². The van der Waals surface area contributed by atoms with E-state index in [2.05, 4.69) is 0 Å². The molecule has 0 radical (unpaired) electrons. The summed E-state index contributed by atoms with van der Waals surface area (Å²) >= 11 is 5.67. The van der Waals surface area contributed by atoms with E-state index in [1.807, 2.05) is 0 Å². The molecule has 0 amide bonds. The molecule has 0 saturated heterocycles. The van der Waals surface area contributed by atoms with Crippen molar-refractivity contribution in [3.8, 4) is 5.75 Å². The van der Waals surface area contributed by atoms with Crippen molar-refractivity contribution in [2.45, 2.75) is 19.6 Å². The molecule has 2 nitrogen and oxygen atoms in total. The molecule has 20 heavy (non-hydrogen) atoms. The van der Waals surface area contributed by atoms with Gasteiger partial charge in [-0.2, -0.15) is 0 Å². The highest BCUT2D eigenvalue weighted by molar-refractivity contribution is 6.30. The molecule has 0 aromatic heterocycles. The first-order chi connectivity index (χ1) is 9.49. The average molecular weight is 298 g/mol. The predicted molar refractivity (Wildman–Crippen MR) is 74.7 cm³/mol. The summed E-state index contributed by atoms with van der Waals surface area (Å²) in [6, 6.07) is 8.65. The lowest BCUT2D eigenvalue weighted by Gasteiger charge is -2.11. The van der Waals surface area contributed by atoms with Crippen LogP contribution in [0.15, 0.2) is 36.4 Å². The van der Waals surface area contributed by atoms with Crippen LogP contribution in [0, 0.1) is 11.6 Å². The van der Waals surface area contributed by atoms with Crippen molar-refractivity contribution in [3.05, 3.63) is 64.2 Å². The first-order valence-electron chi connectivity index (χ1n) is 6.09. The van der Waals surface area contributed by atoms with E-state index in [0.717, 1.165) is 0 Å². The Labute approximate surface area is 121 Å². The second-order valence-corrected chi connectivity index (χ2v) is 4.88. The maximum absolute atomic E-state index is 13.7. The van der Waals surface area contributed by atoms with Gasteiger partial charge < -0.3 is 10.5 Å². The molecule has 0 aliphatic carbocycles. The summed E-state index contributed by atoms with van der Waals surface area (Å²) in [5.74, 6) is -0.655. The average Bonchev–Trinajstić information content (AvgIpc) is 2.40. The van der Waals surface area contributed by atoms with Crippen molar-refractivity contribution in [1.82, 2.24) is 0 Å². The molecular weight excluding hydrogens is 284 g/mol. The summed E-state index contributed by atoms with van der Waals surface area (Å²) in [6.45, 7) is 1.67. The minimum atomic E-state index is -0.526. The third-order valence-electron chi connectivity index (χ3n) is 2.89. The summed E-state index contributed by atoms with van der Waals surface area (Å²) in [5.41, 5.74) is 6.34. The van der Waals surface area contributed by atoms with E-state index in [0.29, 0.717) is 16.9 Å². The minimum absolute atomic E-state index is 0.0244. The monoisotopic (exact) mass is 297 g/mol. The van der Waals surface area contributed by atoms with Crippen LogP contribution >= 0.6 is 11.6 Å². The molecule has 106 valence electrons. The Bertz CT molecular complexity index is 617. The number of hydrogen-bond donors (Lipinski definition) is 1. The second-order valence-electron chi connectivity index (χ2n) is 4.47. The van der Waals surface area contributed by atoms with E-state index >= 15 is 0 Å². The Hall–Kier alpha value is -1.65. The Kier molecular flexibility index (Phi) is 4.57. The molecule has 2 aromatic carbocycles. The first-order valence-corrected chi connectivity index (χ1v) is 6.47. The zero-order valence-electron chi connectivity index (χ0n) is 10.9. The van der Waals surface area contributed by atoms with Crippen LogP contribution in [-0.2, 0) is 6.61 Å². The number of rotatable bonds is 4. The SMILES string of the molecule is C[C@H](N)c1ccc(OCc2cccc(Cl)c2F)cc1F. The molecule has 2 N–H and O–H groups in total. The topological polar surface area (TPSA) is 35.2 Å². The predicted octanol–water partition coefficient (Wildman–Crippen LogP) is 4.22. The summed E-state index contributed by atoms with van der Waals surface area (Å²) in [5, 5.41) is 0.0320. The maximum Gasteiger partial charge on any atom is 0.148 e. The lowest BCUT2D eigenvalue weighted by molar-refractivity contribution is 0.298. The van der Waals surface area contributed by atoms with Gasteiger partial charge in [0.15, 0.2) is 0 Å². The van der Waals surface area contributed by atoms with Crippen molar-refractivity contribution in [1.29, 1.82) is 0 Å². The van der Waals surface area contributed by atoms with Crippen LogP contribution in [0.2, 0.25) is 5.02 Å². The number of hydrogen-bond acceptors (Lipinski definition) is 2. The molecular formula is C15H14ClF2NO. The summed E-state index contributed by atoms with van der Waals surface area (Å²) in [4.78, 5) is 0. The summed E-state index contributed by atoms with van der Waals surface area (Å²) in [6.07, 6.45) is 0. The zero-order chi connectivity index (χ0) is 14.7. The molecule has 0 unspecified atom stereocenters. The fourth-order valence-corrected chi connectivity index (χ4v) is 1.98. The lowest BCUT2D eigenvalue weighted by atomic mass is 10.1. The summed E-state index contributed by atoms with van der Waals surface area (Å²) in [7, 11) is 0. The van der Waals surface area contributed by atoms with Gasteiger partial charge in [0.05, 0.1) is 5.02 Å². The Morgan fingerprint density at radius 1 is 1.25 bits per heavy atom. The Morgan fingerprint density at radius 2 is 2.00 bits per heavy atom. The number of halogens is 3. The molecule has 2 aromatic rings. The number of nitrogens with two attached hydrogens (primary N) is 1. The molecule has 1 atom stereocenters. The van der Waals surface area contributed by atoms with Crippen molar-refractivity contribution in [2.75, 3.05) is 0 Å². The van der Waals surface area contributed by atoms with E-state index in [1.165, 1.54) is 12.1 Å². The summed E-state index contributed by atoms with van der Waals surface area (Å²) < 4.78 is 32.7. The maximum atomic E-state index is 13.7. The molecule has 5 heteroatoms. The van der Waals surface area contributed by atoms with Gasteiger partial charge in [-0.25, -0.2) is 8.78 Å². The quantitative estimate of drug-likeness (QED) is 0.917. The van der Waals surface area contributed by atoms with Crippen LogP contribution in [0.25, 0.3) is 0 Å². The molecule has 0 aliphatic heterocycles. The van der Waals surface area contributed by atoms with Crippen LogP contribution in [0.4, 0.5) is 8.78 Å². The molecule has 0 fully saturated rings. The Balaban J connectivity index is 2.11. The van der Waals surface area contributed by atoms with Gasteiger partial charge in [0, 0.05) is 23.2 Å². The second kappa shape index (κ2) is 6.20. The van der Waals surface area contributed by atoms with Gasteiger partial charge in [0.2, 0.25) is 0 Å². The van der Waals surface area contributed by atoms with Crippen LogP contribution in [0.5, 0.6) is 5.75 Å². The van der Waals surface area contributed by atoms with Crippen molar-refractivity contribution in [3.63, 3.8) is 0 Å². The highest BCUT2D eigenvalue weighted by Gasteiger charge is 2.10. The van der Waals surface area contributed by atoms with E-state index < -0.39 is 17.7 Å². The Morgan fingerprint density at radius 3 is 2.65 bits per heavy atom. The molecule has 0 spiro atoms. The van der Waals surface area contributed by atoms with Gasteiger partial charge >= 0.3 is 0 Å². The number of ether oxygens (including phenoxy) is 1. The third-order valence-corrected chi connectivity index (χ3v) is 3.18. The van der Waals surface area contributed by atoms with Gasteiger partial charge in [-0.3, -0.25) is 0 Å². The van der Waals surface area contributed by atoms with E-state index in [-0.39, 0.29) is 11.6 Å². The number of benzene rings is 2. The highest BCUT2D eigenvalue weighted by atomic mass is 35.5. The third kappa shape index (κ3) is 3.26. The smallest absolute Gasteiger partial charge is 0.148 e. The van der Waals surface area contributed by atoms with Gasteiger partial charge in [-0.1, -0.05) is 29.8 Å². The van der Waals surface area contributed by atoms with Gasteiger partial charge in [0.25, 0.3) is 0 Å². The molecule has 0 aliphatic rings. The van der Waals surface area contributed by atoms with Crippen LogP contribution in [-0.4, -0.2) is 0 Å². The first kappa shape index (κ1) is 14.8. The van der Waals surface area contributed by atoms with E-state index in [1.54, 1.807) is 31.2 Å². The van der Waals surface area contributed by atoms with Crippen molar-refractivity contribution < 1.29 is 13.5 Å².